The lowest BCUT2D eigenvalue weighted by Crippen LogP contribution is -2.29. The van der Waals surface area contributed by atoms with Crippen molar-refractivity contribution in [1.29, 1.82) is 0 Å². The zero-order valence-corrected chi connectivity index (χ0v) is 11.9. The molecule has 0 radical (unpaired) electrons. The van der Waals surface area contributed by atoms with Gasteiger partial charge in [-0.2, -0.15) is 0 Å². The molecule has 0 atom stereocenters. The summed E-state index contributed by atoms with van der Waals surface area (Å²) in [6.07, 6.45) is 4.86. The summed E-state index contributed by atoms with van der Waals surface area (Å²) in [5.74, 6) is 2.01. The van der Waals surface area contributed by atoms with E-state index in [4.69, 9.17) is 4.42 Å². The Morgan fingerprint density at radius 1 is 1.20 bits per heavy atom. The van der Waals surface area contributed by atoms with Crippen LogP contribution in [-0.2, 0) is 0 Å². The van der Waals surface area contributed by atoms with E-state index in [0.717, 1.165) is 11.3 Å². The average Bonchev–Trinajstić information content (AvgIpc) is 2.69. The maximum absolute atomic E-state index is 12.1. The predicted molar refractivity (Wildman–Crippen MR) is 75.8 cm³/mol. The molecule has 0 unspecified atom stereocenters. The normalized spacial score (nSPS) is 10.3. The van der Waals surface area contributed by atoms with Crippen molar-refractivity contribution in [2.45, 2.75) is 20.8 Å². The molecule has 0 aliphatic rings. The van der Waals surface area contributed by atoms with Crippen LogP contribution in [0, 0.1) is 20.8 Å². The SMILES string of the molecule is Cc1oc(C)c(C(=O)NCCNc2cnccn2)c1C. The smallest absolute Gasteiger partial charge is 0.255 e. The van der Waals surface area contributed by atoms with Crippen molar-refractivity contribution in [3.8, 4) is 0 Å². The minimum Gasteiger partial charge on any atom is -0.466 e. The third-order valence-electron chi connectivity index (χ3n) is 3.07. The molecule has 2 aromatic rings. The fraction of sp³-hybridized carbons (Fsp3) is 0.357. The Hall–Kier alpha value is -2.37. The third-order valence-corrected chi connectivity index (χ3v) is 3.07. The lowest BCUT2D eigenvalue weighted by Gasteiger charge is -2.07. The van der Waals surface area contributed by atoms with Crippen molar-refractivity contribution in [3.63, 3.8) is 0 Å². The van der Waals surface area contributed by atoms with Gasteiger partial charge in [-0.15, -0.1) is 0 Å². The van der Waals surface area contributed by atoms with Crippen LogP contribution in [0.25, 0.3) is 0 Å². The molecule has 0 saturated heterocycles. The quantitative estimate of drug-likeness (QED) is 0.813. The van der Waals surface area contributed by atoms with E-state index in [1.807, 2.05) is 13.8 Å². The molecular formula is C14H18N4O2. The number of amides is 1. The molecule has 20 heavy (non-hydrogen) atoms. The topological polar surface area (TPSA) is 80.0 Å². The monoisotopic (exact) mass is 274 g/mol. The number of carbonyl (C=O) groups excluding carboxylic acids is 1. The number of rotatable bonds is 5. The summed E-state index contributed by atoms with van der Waals surface area (Å²) >= 11 is 0. The molecule has 0 bridgehead atoms. The number of aromatic nitrogens is 2. The number of nitrogens with one attached hydrogen (secondary N) is 2. The van der Waals surface area contributed by atoms with Gasteiger partial charge in [0.1, 0.15) is 17.3 Å². The van der Waals surface area contributed by atoms with E-state index in [9.17, 15) is 4.79 Å². The molecule has 0 saturated carbocycles. The van der Waals surface area contributed by atoms with Gasteiger partial charge in [-0.25, -0.2) is 4.98 Å². The van der Waals surface area contributed by atoms with E-state index in [2.05, 4.69) is 20.6 Å². The van der Waals surface area contributed by atoms with E-state index < -0.39 is 0 Å². The first-order valence-corrected chi connectivity index (χ1v) is 6.44. The van der Waals surface area contributed by atoms with Crippen LogP contribution in [0.3, 0.4) is 0 Å². The Balaban J connectivity index is 1.84. The predicted octanol–water partition coefficient (Wildman–Crippen LogP) is 1.84. The van der Waals surface area contributed by atoms with E-state index in [1.165, 1.54) is 0 Å². The van der Waals surface area contributed by atoms with Gasteiger partial charge < -0.3 is 15.1 Å². The van der Waals surface area contributed by atoms with Gasteiger partial charge in [-0.3, -0.25) is 9.78 Å². The van der Waals surface area contributed by atoms with Crippen LogP contribution in [0.2, 0.25) is 0 Å². The minimum absolute atomic E-state index is 0.113. The number of furan rings is 1. The molecule has 106 valence electrons. The van der Waals surface area contributed by atoms with Crippen molar-refractivity contribution < 1.29 is 9.21 Å². The molecule has 2 N–H and O–H groups in total. The van der Waals surface area contributed by atoms with Crippen molar-refractivity contribution in [2.24, 2.45) is 0 Å². The minimum atomic E-state index is -0.113. The molecule has 0 spiro atoms. The van der Waals surface area contributed by atoms with E-state index in [-0.39, 0.29) is 5.91 Å². The van der Waals surface area contributed by atoms with Gasteiger partial charge in [-0.1, -0.05) is 0 Å². The number of anilines is 1. The van der Waals surface area contributed by atoms with Crippen LogP contribution in [0.15, 0.2) is 23.0 Å². The number of hydrogen-bond acceptors (Lipinski definition) is 5. The lowest BCUT2D eigenvalue weighted by atomic mass is 10.1. The first-order chi connectivity index (χ1) is 9.59. The maximum atomic E-state index is 12.1. The number of hydrogen-bond donors (Lipinski definition) is 2. The number of aryl methyl sites for hydroxylation is 2. The second-order valence-corrected chi connectivity index (χ2v) is 4.49. The summed E-state index contributed by atoms with van der Waals surface area (Å²) in [5, 5.41) is 5.93. The first kappa shape index (κ1) is 14.0. The average molecular weight is 274 g/mol. The molecule has 1 amide bonds. The van der Waals surface area contributed by atoms with Crippen molar-refractivity contribution in [1.82, 2.24) is 15.3 Å². The Kier molecular flexibility index (Phi) is 4.34. The summed E-state index contributed by atoms with van der Waals surface area (Å²) in [4.78, 5) is 20.1. The Morgan fingerprint density at radius 3 is 2.60 bits per heavy atom. The highest BCUT2D eigenvalue weighted by atomic mass is 16.3. The Bertz CT molecular complexity index is 593. The standard InChI is InChI=1S/C14H18N4O2/c1-9-10(2)20-11(3)13(9)14(19)18-7-6-17-12-8-15-4-5-16-12/h4-5,8H,6-7H2,1-3H3,(H,16,17)(H,18,19). The highest BCUT2D eigenvalue weighted by molar-refractivity contribution is 5.96. The Morgan fingerprint density at radius 2 is 2.00 bits per heavy atom. The second kappa shape index (κ2) is 6.18. The molecule has 0 fully saturated rings. The molecular weight excluding hydrogens is 256 g/mol. The van der Waals surface area contributed by atoms with E-state index in [0.29, 0.717) is 30.2 Å². The van der Waals surface area contributed by atoms with Gasteiger partial charge in [-0.05, 0) is 20.8 Å². The zero-order valence-electron chi connectivity index (χ0n) is 11.9. The largest absolute Gasteiger partial charge is 0.466 e. The molecule has 2 heterocycles. The second-order valence-electron chi connectivity index (χ2n) is 4.49. The summed E-state index contributed by atoms with van der Waals surface area (Å²) < 4.78 is 5.45. The first-order valence-electron chi connectivity index (χ1n) is 6.44. The van der Waals surface area contributed by atoms with Gasteiger partial charge in [0, 0.05) is 31.0 Å². The van der Waals surface area contributed by atoms with Gasteiger partial charge in [0.25, 0.3) is 5.91 Å². The molecule has 6 heteroatoms. The summed E-state index contributed by atoms with van der Waals surface area (Å²) in [7, 11) is 0. The molecule has 2 aromatic heterocycles. The van der Waals surface area contributed by atoms with Crippen LogP contribution in [0.4, 0.5) is 5.82 Å². The third kappa shape index (κ3) is 3.14. The van der Waals surface area contributed by atoms with Crippen LogP contribution in [-0.4, -0.2) is 29.0 Å². The fourth-order valence-electron chi connectivity index (χ4n) is 1.97. The fourth-order valence-corrected chi connectivity index (χ4v) is 1.97. The summed E-state index contributed by atoms with van der Waals surface area (Å²) in [6.45, 7) is 6.62. The maximum Gasteiger partial charge on any atom is 0.255 e. The number of carbonyl (C=O) groups is 1. The molecule has 0 aromatic carbocycles. The lowest BCUT2D eigenvalue weighted by molar-refractivity contribution is 0.0953. The van der Waals surface area contributed by atoms with Crippen molar-refractivity contribution in [2.75, 3.05) is 18.4 Å². The molecule has 6 nitrogen and oxygen atoms in total. The molecule has 2 rings (SSSR count). The highest BCUT2D eigenvalue weighted by Gasteiger charge is 2.17. The van der Waals surface area contributed by atoms with Gasteiger partial charge in [0.15, 0.2) is 0 Å². The number of nitrogens with zero attached hydrogens (tertiary/aromatic N) is 2. The van der Waals surface area contributed by atoms with Crippen LogP contribution >= 0.6 is 0 Å². The summed E-state index contributed by atoms with van der Waals surface area (Å²) in [5.41, 5.74) is 1.52. The van der Waals surface area contributed by atoms with Crippen molar-refractivity contribution >= 4 is 11.7 Å². The van der Waals surface area contributed by atoms with E-state index in [1.54, 1.807) is 25.5 Å². The van der Waals surface area contributed by atoms with Crippen LogP contribution < -0.4 is 10.6 Å². The Labute approximate surface area is 117 Å². The van der Waals surface area contributed by atoms with Crippen LogP contribution in [0.5, 0.6) is 0 Å². The van der Waals surface area contributed by atoms with Gasteiger partial charge >= 0.3 is 0 Å². The zero-order chi connectivity index (χ0) is 14.5. The van der Waals surface area contributed by atoms with Crippen molar-refractivity contribution in [3.05, 3.63) is 41.2 Å². The molecule has 0 aliphatic heterocycles. The molecule has 0 aliphatic carbocycles. The van der Waals surface area contributed by atoms with Crippen LogP contribution in [0.1, 0.15) is 27.4 Å². The highest BCUT2D eigenvalue weighted by Crippen LogP contribution is 2.20. The van der Waals surface area contributed by atoms with Gasteiger partial charge in [0.2, 0.25) is 0 Å². The summed E-state index contributed by atoms with van der Waals surface area (Å²) in [6, 6.07) is 0. The van der Waals surface area contributed by atoms with E-state index >= 15 is 0 Å². The van der Waals surface area contributed by atoms with Gasteiger partial charge in [0.05, 0.1) is 11.8 Å².